The molecule has 8 nitrogen and oxygen atoms in total. The van der Waals surface area contributed by atoms with Gasteiger partial charge >= 0.3 is 12.3 Å². The molecule has 2 amide bonds. The molecule has 1 aliphatic carbocycles. The topological polar surface area (TPSA) is 86.1 Å². The zero-order valence-electron chi connectivity index (χ0n) is 26.0. The number of nitriles is 1. The van der Waals surface area contributed by atoms with E-state index in [4.69, 9.17) is 14.7 Å². The monoisotopic (exact) mass is 638 g/mol. The number of carbonyl (C=O) groups is 2. The van der Waals surface area contributed by atoms with Crippen LogP contribution in [0, 0.1) is 23.2 Å². The standard InChI is InChI=1S/C35H41F3N4O4/c36-35(37,38)29-10-6-25(7-11-29)22-40-18-14-34(15-19-40)24-42(33(44)46-34)23-26-4-8-28(9-5-26)32(43)41-16-12-30(13-17-41)45-31-3-1-2-27(20-31)21-39/h1-3,6-7,10-11,20,26,28,30H,4-5,8-9,12-19,22-24H2. The summed E-state index contributed by atoms with van der Waals surface area (Å²) in [5.41, 5.74) is 0.255. The number of amides is 2. The van der Waals surface area contributed by atoms with Crippen LogP contribution in [0.4, 0.5) is 18.0 Å². The highest BCUT2D eigenvalue weighted by Gasteiger charge is 2.47. The van der Waals surface area contributed by atoms with Crippen molar-refractivity contribution in [2.24, 2.45) is 11.8 Å². The van der Waals surface area contributed by atoms with Gasteiger partial charge in [-0.15, -0.1) is 0 Å². The largest absolute Gasteiger partial charge is 0.490 e. The number of hydrogen-bond acceptors (Lipinski definition) is 6. The summed E-state index contributed by atoms with van der Waals surface area (Å²) in [4.78, 5) is 32.2. The summed E-state index contributed by atoms with van der Waals surface area (Å²) in [5.74, 6) is 1.28. The van der Waals surface area contributed by atoms with Crippen LogP contribution >= 0.6 is 0 Å². The van der Waals surface area contributed by atoms with Crippen LogP contribution in [0.25, 0.3) is 0 Å². The third-order valence-electron chi connectivity index (χ3n) is 10.2. The van der Waals surface area contributed by atoms with Gasteiger partial charge in [0.25, 0.3) is 0 Å². The molecule has 0 radical (unpaired) electrons. The molecule has 0 N–H and O–H groups in total. The van der Waals surface area contributed by atoms with Crippen LogP contribution in [0.3, 0.4) is 0 Å². The fourth-order valence-electron chi connectivity index (χ4n) is 7.46. The average Bonchev–Trinajstić information content (AvgIpc) is 3.36. The fraction of sp³-hybridized carbons (Fsp3) is 0.571. The van der Waals surface area contributed by atoms with E-state index in [2.05, 4.69) is 11.0 Å². The van der Waals surface area contributed by atoms with E-state index < -0.39 is 17.3 Å². The third-order valence-corrected chi connectivity index (χ3v) is 10.2. The van der Waals surface area contributed by atoms with Gasteiger partial charge < -0.3 is 19.3 Å². The molecular weight excluding hydrogens is 597 g/mol. The summed E-state index contributed by atoms with van der Waals surface area (Å²) in [6.07, 6.45) is 1.83. The van der Waals surface area contributed by atoms with E-state index in [0.29, 0.717) is 75.9 Å². The number of alkyl halides is 3. The van der Waals surface area contributed by atoms with Gasteiger partial charge in [0.05, 0.1) is 23.7 Å². The van der Waals surface area contributed by atoms with Gasteiger partial charge in [-0.25, -0.2) is 4.79 Å². The smallest absolute Gasteiger partial charge is 0.416 e. The summed E-state index contributed by atoms with van der Waals surface area (Å²) in [5, 5.41) is 9.11. The van der Waals surface area contributed by atoms with Gasteiger partial charge in [0.2, 0.25) is 5.91 Å². The summed E-state index contributed by atoms with van der Waals surface area (Å²) >= 11 is 0. The Balaban J connectivity index is 0.906. The molecule has 246 valence electrons. The molecular formula is C35H41F3N4O4. The summed E-state index contributed by atoms with van der Waals surface area (Å²) < 4.78 is 50.6. The Bertz CT molecular complexity index is 1420. The second-order valence-electron chi connectivity index (χ2n) is 13.4. The molecule has 0 unspecified atom stereocenters. The number of nitrogens with zero attached hydrogens (tertiary/aromatic N) is 4. The summed E-state index contributed by atoms with van der Waals surface area (Å²) in [7, 11) is 0. The third kappa shape index (κ3) is 7.60. The Morgan fingerprint density at radius 3 is 2.33 bits per heavy atom. The molecule has 3 heterocycles. The Morgan fingerprint density at radius 2 is 1.67 bits per heavy atom. The van der Waals surface area contributed by atoms with Crippen molar-refractivity contribution in [1.29, 1.82) is 5.26 Å². The molecule has 46 heavy (non-hydrogen) atoms. The van der Waals surface area contributed by atoms with Gasteiger partial charge in [-0.05, 0) is 67.5 Å². The van der Waals surface area contributed by atoms with Gasteiger partial charge in [-0.2, -0.15) is 18.4 Å². The number of likely N-dealkylation sites (tertiary alicyclic amines) is 2. The number of benzene rings is 2. The predicted octanol–water partition coefficient (Wildman–Crippen LogP) is 6.24. The van der Waals surface area contributed by atoms with Crippen LogP contribution in [0.1, 0.15) is 68.1 Å². The quantitative estimate of drug-likeness (QED) is 0.357. The summed E-state index contributed by atoms with van der Waals surface area (Å²) in [6.45, 7) is 4.55. The van der Waals surface area contributed by atoms with Gasteiger partial charge in [-0.3, -0.25) is 9.69 Å². The normalized spacial score (nSPS) is 24.1. The number of rotatable bonds is 7. The van der Waals surface area contributed by atoms with E-state index in [1.54, 1.807) is 12.1 Å². The van der Waals surface area contributed by atoms with Crippen molar-refractivity contribution >= 4 is 12.0 Å². The van der Waals surface area contributed by atoms with Crippen molar-refractivity contribution in [3.05, 3.63) is 65.2 Å². The van der Waals surface area contributed by atoms with Crippen LogP contribution in [0.5, 0.6) is 5.75 Å². The first-order valence-corrected chi connectivity index (χ1v) is 16.4. The van der Waals surface area contributed by atoms with Crippen LogP contribution in [0.2, 0.25) is 0 Å². The van der Waals surface area contributed by atoms with E-state index >= 15 is 0 Å². The van der Waals surface area contributed by atoms with Crippen molar-refractivity contribution in [3.63, 3.8) is 0 Å². The molecule has 4 fully saturated rings. The molecule has 3 aliphatic heterocycles. The fourth-order valence-corrected chi connectivity index (χ4v) is 7.46. The van der Waals surface area contributed by atoms with Crippen molar-refractivity contribution in [1.82, 2.24) is 14.7 Å². The first-order chi connectivity index (χ1) is 22.1. The van der Waals surface area contributed by atoms with Crippen LogP contribution in [-0.2, 0) is 22.3 Å². The number of ether oxygens (including phenoxy) is 2. The maximum absolute atomic E-state index is 13.3. The van der Waals surface area contributed by atoms with Gasteiger partial charge in [0, 0.05) is 70.9 Å². The van der Waals surface area contributed by atoms with E-state index in [1.165, 1.54) is 12.1 Å². The van der Waals surface area contributed by atoms with Crippen molar-refractivity contribution in [2.75, 3.05) is 39.3 Å². The molecule has 1 spiro atoms. The molecule has 0 bridgehead atoms. The SMILES string of the molecule is N#Cc1cccc(OC2CCN(C(=O)C3CCC(CN4CC5(CCN(Cc6ccc(C(F)(F)F)cc6)CC5)OC4=O)CC3)CC2)c1. The molecule has 1 saturated carbocycles. The Morgan fingerprint density at radius 1 is 0.978 bits per heavy atom. The average molecular weight is 639 g/mol. The molecule has 0 atom stereocenters. The van der Waals surface area contributed by atoms with Gasteiger partial charge in [0.15, 0.2) is 0 Å². The molecule has 0 aromatic heterocycles. The van der Waals surface area contributed by atoms with Crippen molar-refractivity contribution in [2.45, 2.75) is 75.8 Å². The lowest BCUT2D eigenvalue weighted by Crippen LogP contribution is -2.47. The molecule has 2 aromatic rings. The highest BCUT2D eigenvalue weighted by atomic mass is 19.4. The van der Waals surface area contributed by atoms with E-state index in [0.717, 1.165) is 56.2 Å². The molecule has 4 aliphatic rings. The number of halogens is 3. The highest BCUT2D eigenvalue weighted by molar-refractivity contribution is 5.79. The van der Waals surface area contributed by atoms with Crippen LogP contribution in [-0.4, -0.2) is 77.7 Å². The lowest BCUT2D eigenvalue weighted by molar-refractivity contribution is -0.139. The molecule has 2 aromatic carbocycles. The first-order valence-electron chi connectivity index (χ1n) is 16.4. The molecule has 11 heteroatoms. The molecule has 6 rings (SSSR count). The Labute approximate surface area is 268 Å². The predicted molar refractivity (Wildman–Crippen MR) is 164 cm³/mol. The van der Waals surface area contributed by atoms with E-state index in [9.17, 15) is 22.8 Å². The number of piperidine rings is 2. The maximum Gasteiger partial charge on any atom is 0.416 e. The van der Waals surface area contributed by atoms with E-state index in [1.807, 2.05) is 21.9 Å². The van der Waals surface area contributed by atoms with Crippen molar-refractivity contribution < 1.29 is 32.2 Å². The minimum atomic E-state index is -4.34. The zero-order chi connectivity index (χ0) is 32.3. The maximum atomic E-state index is 13.3. The summed E-state index contributed by atoms with van der Waals surface area (Å²) in [6, 6.07) is 14.6. The van der Waals surface area contributed by atoms with Gasteiger partial charge in [0.1, 0.15) is 17.5 Å². The minimum Gasteiger partial charge on any atom is -0.490 e. The lowest BCUT2D eigenvalue weighted by Gasteiger charge is -2.38. The Hall–Kier alpha value is -3.78. The highest BCUT2D eigenvalue weighted by Crippen LogP contribution is 2.37. The van der Waals surface area contributed by atoms with E-state index in [-0.39, 0.29) is 24.0 Å². The first kappa shape index (κ1) is 32.2. The molecule has 3 saturated heterocycles. The second kappa shape index (κ2) is 13.5. The van der Waals surface area contributed by atoms with Gasteiger partial charge in [-0.1, -0.05) is 18.2 Å². The van der Waals surface area contributed by atoms with Crippen LogP contribution in [0.15, 0.2) is 48.5 Å². The number of carbonyl (C=O) groups excluding carboxylic acids is 2. The Kier molecular flexibility index (Phi) is 9.46. The minimum absolute atomic E-state index is 0.0203. The second-order valence-corrected chi connectivity index (χ2v) is 13.4. The number of hydrogen-bond donors (Lipinski definition) is 0. The lowest BCUT2D eigenvalue weighted by atomic mass is 9.80. The zero-order valence-corrected chi connectivity index (χ0v) is 26.0. The van der Waals surface area contributed by atoms with Crippen molar-refractivity contribution in [3.8, 4) is 11.8 Å². The van der Waals surface area contributed by atoms with Crippen LogP contribution < -0.4 is 4.74 Å².